The van der Waals surface area contributed by atoms with Crippen LogP contribution in [-0.2, 0) is 6.61 Å². The van der Waals surface area contributed by atoms with Crippen molar-refractivity contribution in [2.24, 2.45) is 5.10 Å². The molecule has 0 unspecified atom stereocenters. The van der Waals surface area contributed by atoms with Crippen molar-refractivity contribution in [2.75, 3.05) is 13.9 Å². The van der Waals surface area contributed by atoms with Crippen molar-refractivity contribution in [3.05, 3.63) is 82.4 Å². The molecule has 0 fully saturated rings. The lowest BCUT2D eigenvalue weighted by molar-refractivity contribution is 0.0954. The molecule has 8 heteroatoms. The summed E-state index contributed by atoms with van der Waals surface area (Å²) in [5.74, 6) is 1.95. The number of nitrogens with one attached hydrogen (secondary N) is 1. The summed E-state index contributed by atoms with van der Waals surface area (Å²) in [7, 11) is 1.56. The van der Waals surface area contributed by atoms with Crippen molar-refractivity contribution in [1.29, 1.82) is 0 Å². The molecule has 0 radical (unpaired) electrons. The number of hydrogen-bond acceptors (Lipinski definition) is 6. The first-order chi connectivity index (χ1) is 15.1. The molecular formula is C23H19ClN2O5. The molecule has 7 nitrogen and oxygen atoms in total. The second-order valence-electron chi connectivity index (χ2n) is 6.59. The zero-order valence-corrected chi connectivity index (χ0v) is 17.4. The predicted molar refractivity (Wildman–Crippen MR) is 116 cm³/mol. The number of carbonyl (C=O) groups is 1. The van der Waals surface area contributed by atoms with Gasteiger partial charge in [-0.05, 0) is 59.7 Å². The van der Waals surface area contributed by atoms with Crippen LogP contribution >= 0.6 is 11.6 Å². The Labute approximate surface area is 184 Å². The maximum absolute atomic E-state index is 12.3. The lowest BCUT2D eigenvalue weighted by Crippen LogP contribution is -2.17. The third-order valence-corrected chi connectivity index (χ3v) is 4.76. The van der Waals surface area contributed by atoms with E-state index >= 15 is 0 Å². The molecule has 1 aliphatic heterocycles. The van der Waals surface area contributed by atoms with Gasteiger partial charge in [-0.2, -0.15) is 5.10 Å². The Bertz CT molecular complexity index is 1120. The highest BCUT2D eigenvalue weighted by molar-refractivity contribution is 6.30. The molecule has 31 heavy (non-hydrogen) atoms. The molecule has 4 rings (SSSR count). The zero-order valence-electron chi connectivity index (χ0n) is 16.6. The van der Waals surface area contributed by atoms with Gasteiger partial charge in [-0.25, -0.2) is 5.43 Å². The van der Waals surface area contributed by atoms with Gasteiger partial charge in [-0.3, -0.25) is 4.79 Å². The first-order valence-corrected chi connectivity index (χ1v) is 9.78. The van der Waals surface area contributed by atoms with Crippen molar-refractivity contribution in [2.45, 2.75) is 6.61 Å². The molecule has 0 aromatic heterocycles. The second-order valence-corrected chi connectivity index (χ2v) is 7.03. The van der Waals surface area contributed by atoms with E-state index in [1.165, 1.54) is 6.21 Å². The highest BCUT2D eigenvalue weighted by atomic mass is 35.5. The third-order valence-electron chi connectivity index (χ3n) is 4.51. The summed E-state index contributed by atoms with van der Waals surface area (Å²) in [6, 6.07) is 17.8. The number of amides is 1. The Balaban J connectivity index is 1.37. The average molecular weight is 439 g/mol. The SMILES string of the molecule is COc1cc(/C=N\NC(=O)c2ccc3c(c2)OCO3)ccc1OCc1ccc(Cl)cc1. The normalized spacial score (nSPS) is 12.1. The topological polar surface area (TPSA) is 78.4 Å². The van der Waals surface area contributed by atoms with Gasteiger partial charge < -0.3 is 18.9 Å². The average Bonchev–Trinajstić information content (AvgIpc) is 3.27. The Morgan fingerprint density at radius 2 is 1.87 bits per heavy atom. The number of halogens is 1. The number of fused-ring (bicyclic) bond motifs is 1. The van der Waals surface area contributed by atoms with Gasteiger partial charge in [0.1, 0.15) is 6.61 Å². The number of benzene rings is 3. The van der Waals surface area contributed by atoms with Crippen LogP contribution in [0.15, 0.2) is 65.8 Å². The molecule has 0 saturated heterocycles. The lowest BCUT2D eigenvalue weighted by atomic mass is 10.2. The van der Waals surface area contributed by atoms with Crippen molar-refractivity contribution in [3.63, 3.8) is 0 Å². The van der Waals surface area contributed by atoms with E-state index in [-0.39, 0.29) is 12.7 Å². The van der Waals surface area contributed by atoms with Crippen LogP contribution in [0.5, 0.6) is 23.0 Å². The molecular weight excluding hydrogens is 420 g/mol. The molecule has 0 spiro atoms. The quantitative estimate of drug-likeness (QED) is 0.436. The number of ether oxygens (including phenoxy) is 4. The maximum Gasteiger partial charge on any atom is 0.271 e. The van der Waals surface area contributed by atoms with Crippen LogP contribution in [0.2, 0.25) is 5.02 Å². The molecule has 3 aromatic carbocycles. The Morgan fingerprint density at radius 3 is 2.68 bits per heavy atom. The number of hydrazone groups is 1. The van der Waals surface area contributed by atoms with E-state index in [0.29, 0.717) is 40.2 Å². The minimum Gasteiger partial charge on any atom is -0.493 e. The minimum absolute atomic E-state index is 0.153. The standard InChI is InChI=1S/C23H19ClN2O5/c1-28-21-10-16(4-8-19(21)29-13-15-2-6-18(24)7-3-15)12-25-26-23(27)17-5-9-20-22(11-17)31-14-30-20/h2-12H,13-14H2,1H3,(H,26,27)/b25-12-. The lowest BCUT2D eigenvalue weighted by Gasteiger charge is -2.11. The smallest absolute Gasteiger partial charge is 0.271 e. The fourth-order valence-corrected chi connectivity index (χ4v) is 3.02. The first-order valence-electron chi connectivity index (χ1n) is 9.41. The van der Waals surface area contributed by atoms with E-state index in [2.05, 4.69) is 10.5 Å². The van der Waals surface area contributed by atoms with Crippen LogP contribution in [0.4, 0.5) is 0 Å². The van der Waals surface area contributed by atoms with E-state index in [4.69, 9.17) is 30.5 Å². The van der Waals surface area contributed by atoms with Crippen LogP contribution in [0.3, 0.4) is 0 Å². The van der Waals surface area contributed by atoms with E-state index in [9.17, 15) is 4.79 Å². The highest BCUT2D eigenvalue weighted by Gasteiger charge is 2.15. The molecule has 1 N–H and O–H groups in total. The van der Waals surface area contributed by atoms with E-state index in [1.54, 1.807) is 37.4 Å². The molecule has 3 aromatic rings. The molecule has 1 heterocycles. The van der Waals surface area contributed by atoms with Crippen molar-refractivity contribution in [3.8, 4) is 23.0 Å². The largest absolute Gasteiger partial charge is 0.493 e. The monoisotopic (exact) mass is 438 g/mol. The summed E-state index contributed by atoms with van der Waals surface area (Å²) in [4.78, 5) is 12.3. The number of carbonyl (C=O) groups excluding carboxylic acids is 1. The maximum atomic E-state index is 12.3. The van der Waals surface area contributed by atoms with Crippen molar-refractivity contribution in [1.82, 2.24) is 5.43 Å². The Kier molecular flexibility index (Phi) is 6.24. The molecule has 158 valence electrons. The number of hydrogen-bond donors (Lipinski definition) is 1. The van der Waals surface area contributed by atoms with Gasteiger partial charge in [-0.1, -0.05) is 23.7 Å². The summed E-state index contributed by atoms with van der Waals surface area (Å²) in [6.45, 7) is 0.534. The Morgan fingerprint density at radius 1 is 1.06 bits per heavy atom. The van der Waals surface area contributed by atoms with Crippen molar-refractivity contribution < 1.29 is 23.7 Å². The molecule has 0 aliphatic carbocycles. The fraction of sp³-hybridized carbons (Fsp3) is 0.130. The van der Waals surface area contributed by atoms with E-state index in [0.717, 1.165) is 11.1 Å². The minimum atomic E-state index is -0.357. The van der Waals surface area contributed by atoms with Crippen LogP contribution in [0.25, 0.3) is 0 Å². The van der Waals surface area contributed by atoms with E-state index in [1.807, 2.05) is 30.3 Å². The second kappa shape index (κ2) is 9.40. The summed E-state index contributed by atoms with van der Waals surface area (Å²) in [6.07, 6.45) is 1.52. The van der Waals surface area contributed by atoms with Gasteiger partial charge in [0.25, 0.3) is 5.91 Å². The summed E-state index contributed by atoms with van der Waals surface area (Å²) in [5, 5.41) is 4.69. The van der Waals surface area contributed by atoms with Gasteiger partial charge in [0.2, 0.25) is 6.79 Å². The van der Waals surface area contributed by atoms with E-state index < -0.39 is 0 Å². The Hall–Kier alpha value is -3.71. The molecule has 1 aliphatic rings. The van der Waals surface area contributed by atoms with Crippen molar-refractivity contribution >= 4 is 23.7 Å². The van der Waals surface area contributed by atoms with Gasteiger partial charge in [0.05, 0.1) is 13.3 Å². The first kappa shape index (κ1) is 20.6. The van der Waals surface area contributed by atoms with Crippen LogP contribution < -0.4 is 24.4 Å². The molecule has 0 atom stereocenters. The van der Waals surface area contributed by atoms with Crippen LogP contribution in [0, 0.1) is 0 Å². The summed E-state index contributed by atoms with van der Waals surface area (Å²) >= 11 is 5.90. The third kappa shape index (κ3) is 5.07. The number of methoxy groups -OCH3 is 1. The summed E-state index contributed by atoms with van der Waals surface area (Å²) < 4.78 is 21.8. The summed E-state index contributed by atoms with van der Waals surface area (Å²) in [5.41, 5.74) is 4.64. The van der Waals surface area contributed by atoms with Crippen LogP contribution in [-0.4, -0.2) is 26.0 Å². The highest BCUT2D eigenvalue weighted by Crippen LogP contribution is 2.32. The fourth-order valence-electron chi connectivity index (χ4n) is 2.89. The predicted octanol–water partition coefficient (Wildman–Crippen LogP) is 4.42. The molecule has 0 saturated carbocycles. The number of rotatable bonds is 7. The molecule has 0 bridgehead atoms. The van der Waals surface area contributed by atoms with Gasteiger partial charge in [-0.15, -0.1) is 0 Å². The zero-order chi connectivity index (χ0) is 21.6. The molecule has 1 amide bonds. The van der Waals surface area contributed by atoms with Gasteiger partial charge in [0.15, 0.2) is 23.0 Å². The van der Waals surface area contributed by atoms with Gasteiger partial charge in [0, 0.05) is 10.6 Å². The van der Waals surface area contributed by atoms with Gasteiger partial charge >= 0.3 is 0 Å². The number of nitrogens with zero attached hydrogens (tertiary/aromatic N) is 1. The van der Waals surface area contributed by atoms with Crippen LogP contribution in [0.1, 0.15) is 21.5 Å².